The number of aryl methyl sites for hydroxylation is 4. The number of hydrogen-bond acceptors (Lipinski definition) is 4. The average Bonchev–Trinajstić information content (AvgIpc) is 3.80. The zero-order valence-corrected chi connectivity index (χ0v) is 31.4. The summed E-state index contributed by atoms with van der Waals surface area (Å²) < 4.78 is 15.0. The summed E-state index contributed by atoms with van der Waals surface area (Å²) in [4.78, 5) is 11.1. The Balaban J connectivity index is 1.32. The number of ether oxygens (including phenoxy) is 2. The zero-order chi connectivity index (χ0) is 36.8. The molecule has 0 radical (unpaired) electrons. The maximum absolute atomic E-state index is 7.49. The van der Waals surface area contributed by atoms with E-state index in [-0.39, 0.29) is 12.1 Å². The molecule has 0 amide bonds. The molecule has 0 aromatic heterocycles. The van der Waals surface area contributed by atoms with Crippen molar-refractivity contribution in [2.45, 2.75) is 64.8 Å². The molecular weight excluding hydrogens is 649 g/mol. The van der Waals surface area contributed by atoms with E-state index in [9.17, 15) is 0 Å². The molecule has 0 saturated carbocycles. The quantitative estimate of drug-likeness (QED) is 0.159. The minimum absolute atomic E-state index is 0.366. The molecule has 0 unspecified atom stereocenters. The summed E-state index contributed by atoms with van der Waals surface area (Å²) in [6.45, 7) is 12.7. The highest BCUT2D eigenvalue weighted by atomic mass is 16.5. The third kappa shape index (κ3) is 5.87. The monoisotopic (exact) mass is 694 g/mol. The molecule has 6 aromatic carbocycles. The molecule has 2 aliphatic rings. The van der Waals surface area contributed by atoms with Crippen molar-refractivity contribution in [1.29, 1.82) is 0 Å². The molecule has 53 heavy (non-hydrogen) atoms. The van der Waals surface area contributed by atoms with Crippen LogP contribution in [0, 0.1) is 33.1 Å². The van der Waals surface area contributed by atoms with Gasteiger partial charge in [0, 0.05) is 22.3 Å². The van der Waals surface area contributed by atoms with Crippen LogP contribution in [0.25, 0.3) is 0 Å². The van der Waals surface area contributed by atoms with Crippen LogP contribution in [0.4, 0.5) is 0 Å². The van der Waals surface area contributed by atoms with Crippen molar-refractivity contribution in [1.82, 2.24) is 0 Å². The van der Waals surface area contributed by atoms with Crippen molar-refractivity contribution in [3.05, 3.63) is 213 Å². The SMILES string of the molecule is Cc1ccc(C2(c3ccc(C)cc3)OC(C(C)(C)C3=N[C@@H](c4ccccc4)C(c4ccc(C)cc4)(c4ccc(C)cc4)O3)=N[C@H]2c2ccccc2)cc1. The maximum atomic E-state index is 7.49. The molecule has 6 aromatic rings. The molecule has 2 aliphatic heterocycles. The van der Waals surface area contributed by atoms with Crippen molar-refractivity contribution in [3.8, 4) is 0 Å². The van der Waals surface area contributed by atoms with Crippen molar-refractivity contribution >= 4 is 11.8 Å². The van der Waals surface area contributed by atoms with Gasteiger partial charge in [0.05, 0.1) is 0 Å². The van der Waals surface area contributed by atoms with E-state index in [1.54, 1.807) is 0 Å². The maximum Gasteiger partial charge on any atom is 0.200 e. The van der Waals surface area contributed by atoms with E-state index in [1.807, 2.05) is 12.1 Å². The van der Waals surface area contributed by atoms with E-state index in [0.717, 1.165) is 33.4 Å². The molecule has 2 atom stereocenters. The van der Waals surface area contributed by atoms with Crippen LogP contribution < -0.4 is 0 Å². The average molecular weight is 695 g/mol. The summed E-state index contributed by atoms with van der Waals surface area (Å²) in [5, 5.41) is 0. The molecule has 2 heterocycles. The summed E-state index contributed by atoms with van der Waals surface area (Å²) in [6, 6.07) is 55.0. The van der Waals surface area contributed by atoms with Gasteiger partial charge in [-0.25, -0.2) is 9.98 Å². The first-order chi connectivity index (χ1) is 25.6. The van der Waals surface area contributed by atoms with Gasteiger partial charge in [0.15, 0.2) is 11.2 Å². The van der Waals surface area contributed by atoms with Gasteiger partial charge in [-0.15, -0.1) is 0 Å². The smallest absolute Gasteiger partial charge is 0.200 e. The highest BCUT2D eigenvalue weighted by Crippen LogP contribution is 2.56. The molecule has 0 spiro atoms. The lowest BCUT2D eigenvalue weighted by Gasteiger charge is -2.38. The van der Waals surface area contributed by atoms with E-state index in [4.69, 9.17) is 19.5 Å². The predicted molar refractivity (Wildman–Crippen MR) is 215 cm³/mol. The lowest BCUT2D eigenvalue weighted by molar-refractivity contribution is 0.0732. The topological polar surface area (TPSA) is 43.2 Å². The molecule has 0 saturated heterocycles. The number of nitrogens with zero attached hydrogens (tertiary/aromatic N) is 2. The molecular formula is C49H46N2O2. The van der Waals surface area contributed by atoms with Gasteiger partial charge in [-0.3, -0.25) is 0 Å². The first-order valence-electron chi connectivity index (χ1n) is 18.5. The van der Waals surface area contributed by atoms with Gasteiger partial charge in [0.25, 0.3) is 0 Å². The summed E-state index contributed by atoms with van der Waals surface area (Å²) in [5.74, 6) is 1.17. The van der Waals surface area contributed by atoms with Crippen LogP contribution in [0.5, 0.6) is 0 Å². The summed E-state index contributed by atoms with van der Waals surface area (Å²) in [5.41, 5.74) is 8.35. The molecule has 4 nitrogen and oxygen atoms in total. The predicted octanol–water partition coefficient (Wildman–Crippen LogP) is 11.5. The van der Waals surface area contributed by atoms with Crippen LogP contribution in [0.1, 0.15) is 81.6 Å². The van der Waals surface area contributed by atoms with Crippen LogP contribution in [-0.2, 0) is 20.7 Å². The molecule has 264 valence electrons. The van der Waals surface area contributed by atoms with Crippen LogP contribution in [0.2, 0.25) is 0 Å². The fraction of sp³-hybridized carbons (Fsp3) is 0.224. The van der Waals surface area contributed by atoms with Crippen LogP contribution >= 0.6 is 0 Å². The van der Waals surface area contributed by atoms with E-state index in [1.165, 1.54) is 22.3 Å². The second-order valence-electron chi connectivity index (χ2n) is 15.3. The lowest BCUT2D eigenvalue weighted by atomic mass is 9.77. The Bertz CT molecular complexity index is 2020. The zero-order valence-electron chi connectivity index (χ0n) is 31.4. The van der Waals surface area contributed by atoms with Crippen molar-refractivity contribution in [2.24, 2.45) is 15.4 Å². The minimum atomic E-state index is -0.932. The Labute approximate surface area is 313 Å². The first-order valence-corrected chi connectivity index (χ1v) is 18.5. The molecule has 0 fully saturated rings. The van der Waals surface area contributed by atoms with E-state index in [0.29, 0.717) is 11.8 Å². The number of rotatable bonds is 8. The Morgan fingerprint density at radius 1 is 0.396 bits per heavy atom. The largest absolute Gasteiger partial charge is 0.461 e. The highest BCUT2D eigenvalue weighted by Gasteiger charge is 2.58. The minimum Gasteiger partial charge on any atom is -0.461 e. The Kier molecular flexibility index (Phi) is 8.65. The van der Waals surface area contributed by atoms with Gasteiger partial charge in [0.2, 0.25) is 11.8 Å². The van der Waals surface area contributed by atoms with Gasteiger partial charge in [-0.2, -0.15) is 0 Å². The number of aliphatic imine (C=N–C) groups is 2. The van der Waals surface area contributed by atoms with E-state index in [2.05, 4.69) is 187 Å². The third-order valence-corrected chi connectivity index (χ3v) is 11.0. The Hall–Kier alpha value is -5.74. The molecule has 0 bridgehead atoms. The molecule has 8 rings (SSSR count). The third-order valence-electron chi connectivity index (χ3n) is 11.0. The summed E-state index contributed by atoms with van der Waals surface area (Å²) in [7, 11) is 0. The summed E-state index contributed by atoms with van der Waals surface area (Å²) >= 11 is 0. The van der Waals surface area contributed by atoms with Crippen LogP contribution in [-0.4, -0.2) is 11.8 Å². The fourth-order valence-corrected chi connectivity index (χ4v) is 7.85. The molecule has 0 aliphatic carbocycles. The van der Waals surface area contributed by atoms with Gasteiger partial charge in [-0.05, 0) is 52.7 Å². The fourth-order valence-electron chi connectivity index (χ4n) is 7.85. The number of benzene rings is 6. The lowest BCUT2D eigenvalue weighted by Crippen LogP contribution is -2.42. The second-order valence-corrected chi connectivity index (χ2v) is 15.3. The van der Waals surface area contributed by atoms with Crippen LogP contribution in [0.15, 0.2) is 168 Å². The Morgan fingerprint density at radius 2 is 0.660 bits per heavy atom. The van der Waals surface area contributed by atoms with E-state index < -0.39 is 16.6 Å². The van der Waals surface area contributed by atoms with Crippen molar-refractivity contribution in [3.63, 3.8) is 0 Å². The second kappa shape index (κ2) is 13.3. The first kappa shape index (κ1) is 34.4. The number of hydrogen-bond donors (Lipinski definition) is 0. The normalized spacial score (nSPS) is 18.8. The van der Waals surface area contributed by atoms with E-state index >= 15 is 0 Å². The Morgan fingerprint density at radius 3 is 0.925 bits per heavy atom. The van der Waals surface area contributed by atoms with Gasteiger partial charge < -0.3 is 9.47 Å². The molecule has 4 heteroatoms. The van der Waals surface area contributed by atoms with Gasteiger partial charge in [0.1, 0.15) is 17.5 Å². The van der Waals surface area contributed by atoms with Gasteiger partial charge in [-0.1, -0.05) is 180 Å². The van der Waals surface area contributed by atoms with Gasteiger partial charge >= 0.3 is 0 Å². The van der Waals surface area contributed by atoms with Crippen molar-refractivity contribution < 1.29 is 9.47 Å². The standard InChI is InChI=1S/C49H46N2O2/c1-33-17-25-39(26-18-33)48(40-27-19-34(2)20-28-40)43(37-13-9-7-10-14-37)50-45(52-48)47(5,6)46-51-44(38-15-11-8-12-16-38)49(53-46,41-29-21-35(3)22-30-41)42-31-23-36(4)24-32-42/h7-32,43-44H,1-6H3/t43-,44-/m0/s1. The van der Waals surface area contributed by atoms with Crippen LogP contribution in [0.3, 0.4) is 0 Å². The van der Waals surface area contributed by atoms with Crippen molar-refractivity contribution in [2.75, 3.05) is 0 Å². The highest BCUT2D eigenvalue weighted by molar-refractivity contribution is 6.06. The summed E-state index contributed by atoms with van der Waals surface area (Å²) in [6.07, 6.45) is 0. The molecule has 0 N–H and O–H groups in total.